The molecule has 0 saturated heterocycles. The first kappa shape index (κ1) is 26.3. The van der Waals surface area contributed by atoms with Crippen LogP contribution in [0.3, 0.4) is 0 Å². The van der Waals surface area contributed by atoms with Crippen LogP contribution >= 0.6 is 11.6 Å². The van der Waals surface area contributed by atoms with Crippen molar-refractivity contribution in [3.63, 3.8) is 0 Å². The number of rotatable bonds is 10. The van der Waals surface area contributed by atoms with Gasteiger partial charge in [0.15, 0.2) is 6.61 Å². The zero-order chi connectivity index (χ0) is 25.4. The molecule has 0 bridgehead atoms. The topological polar surface area (TPSA) is 58.6 Å². The number of carbonyl (C=O) groups is 2. The van der Waals surface area contributed by atoms with E-state index in [1.807, 2.05) is 88.4 Å². The summed E-state index contributed by atoms with van der Waals surface area (Å²) in [5.41, 5.74) is 3.93. The Labute approximate surface area is 213 Å². The average Bonchev–Trinajstić information content (AvgIpc) is 2.83. The highest BCUT2D eigenvalue weighted by Gasteiger charge is 2.31. The summed E-state index contributed by atoms with van der Waals surface area (Å²) < 4.78 is 5.93. The third kappa shape index (κ3) is 7.59. The van der Waals surface area contributed by atoms with Crippen molar-refractivity contribution in [2.24, 2.45) is 0 Å². The van der Waals surface area contributed by atoms with Crippen LogP contribution in [0.2, 0.25) is 5.02 Å². The molecule has 0 saturated carbocycles. The molecule has 0 fully saturated rings. The van der Waals surface area contributed by atoms with E-state index in [2.05, 4.69) is 5.32 Å². The number of ether oxygens (including phenoxy) is 1. The number of amides is 2. The number of nitrogens with zero attached hydrogens (tertiary/aromatic N) is 1. The Morgan fingerprint density at radius 2 is 1.60 bits per heavy atom. The lowest BCUT2D eigenvalue weighted by Crippen LogP contribution is -2.52. The van der Waals surface area contributed by atoms with Crippen molar-refractivity contribution in [2.45, 2.75) is 52.7 Å². The molecule has 0 radical (unpaired) electrons. The predicted octanol–water partition coefficient (Wildman–Crippen LogP) is 5.50. The SMILES string of the molecule is Cc1cccc(OCC(=O)N(Cc2ccc(Cl)cc2)C(Cc2ccccc2)C(=O)NC(C)C)c1C. The van der Waals surface area contributed by atoms with E-state index in [4.69, 9.17) is 16.3 Å². The lowest BCUT2D eigenvalue weighted by atomic mass is 10.0. The molecule has 2 amide bonds. The first-order valence-electron chi connectivity index (χ1n) is 11.8. The van der Waals surface area contributed by atoms with Gasteiger partial charge in [-0.3, -0.25) is 9.59 Å². The summed E-state index contributed by atoms with van der Waals surface area (Å²) in [7, 11) is 0. The van der Waals surface area contributed by atoms with Crippen LogP contribution in [0.15, 0.2) is 72.8 Å². The molecule has 5 nitrogen and oxygen atoms in total. The lowest BCUT2D eigenvalue weighted by Gasteiger charge is -2.32. The quantitative estimate of drug-likeness (QED) is 0.406. The second-order valence-corrected chi connectivity index (χ2v) is 9.44. The van der Waals surface area contributed by atoms with E-state index in [-0.39, 0.29) is 31.0 Å². The summed E-state index contributed by atoms with van der Waals surface area (Å²) in [6, 6.07) is 22.0. The summed E-state index contributed by atoms with van der Waals surface area (Å²) in [6.07, 6.45) is 0.391. The molecule has 6 heteroatoms. The minimum Gasteiger partial charge on any atom is -0.483 e. The second kappa shape index (κ2) is 12.4. The van der Waals surface area contributed by atoms with E-state index in [1.165, 1.54) is 0 Å². The highest BCUT2D eigenvalue weighted by atomic mass is 35.5. The van der Waals surface area contributed by atoms with Crippen LogP contribution < -0.4 is 10.1 Å². The molecule has 184 valence electrons. The largest absolute Gasteiger partial charge is 0.483 e. The van der Waals surface area contributed by atoms with Crippen molar-refractivity contribution in [3.8, 4) is 5.75 Å². The number of aryl methyl sites for hydroxylation is 1. The van der Waals surface area contributed by atoms with Crippen LogP contribution in [0, 0.1) is 13.8 Å². The maximum Gasteiger partial charge on any atom is 0.261 e. The average molecular weight is 493 g/mol. The van der Waals surface area contributed by atoms with Crippen LogP contribution in [0.4, 0.5) is 0 Å². The van der Waals surface area contributed by atoms with Crippen LogP contribution in [0.1, 0.15) is 36.1 Å². The maximum absolute atomic E-state index is 13.6. The monoisotopic (exact) mass is 492 g/mol. The number of halogens is 1. The van der Waals surface area contributed by atoms with E-state index < -0.39 is 6.04 Å². The first-order valence-corrected chi connectivity index (χ1v) is 12.2. The van der Waals surface area contributed by atoms with Gasteiger partial charge in [0.25, 0.3) is 5.91 Å². The fourth-order valence-electron chi connectivity index (χ4n) is 3.82. The van der Waals surface area contributed by atoms with Gasteiger partial charge < -0.3 is 15.0 Å². The summed E-state index contributed by atoms with van der Waals surface area (Å²) in [5.74, 6) is 0.203. The highest BCUT2D eigenvalue weighted by molar-refractivity contribution is 6.30. The Kier molecular flexibility index (Phi) is 9.32. The molecule has 0 aliphatic rings. The summed E-state index contributed by atoms with van der Waals surface area (Å²) >= 11 is 6.07. The Morgan fingerprint density at radius 1 is 0.914 bits per heavy atom. The Morgan fingerprint density at radius 3 is 2.26 bits per heavy atom. The van der Waals surface area contributed by atoms with Crippen LogP contribution in [-0.4, -0.2) is 35.4 Å². The number of carbonyl (C=O) groups excluding carboxylic acids is 2. The molecule has 0 aromatic heterocycles. The molecule has 3 aromatic rings. The van der Waals surface area contributed by atoms with Gasteiger partial charge in [-0.25, -0.2) is 0 Å². The van der Waals surface area contributed by atoms with Gasteiger partial charge in [-0.15, -0.1) is 0 Å². The van der Waals surface area contributed by atoms with Gasteiger partial charge in [-0.05, 0) is 68.1 Å². The van der Waals surface area contributed by atoms with Crippen molar-refractivity contribution >= 4 is 23.4 Å². The van der Waals surface area contributed by atoms with E-state index >= 15 is 0 Å². The second-order valence-electron chi connectivity index (χ2n) is 9.00. The number of hydrogen-bond donors (Lipinski definition) is 1. The molecule has 0 aliphatic heterocycles. The van der Waals surface area contributed by atoms with E-state index in [0.717, 1.165) is 22.3 Å². The summed E-state index contributed by atoms with van der Waals surface area (Å²) in [4.78, 5) is 28.6. The fourth-order valence-corrected chi connectivity index (χ4v) is 3.95. The van der Waals surface area contributed by atoms with Crippen LogP contribution in [0.25, 0.3) is 0 Å². The van der Waals surface area contributed by atoms with Crippen LogP contribution in [-0.2, 0) is 22.6 Å². The molecule has 0 spiro atoms. The minimum atomic E-state index is -0.704. The van der Waals surface area contributed by atoms with Crippen molar-refractivity contribution in [2.75, 3.05) is 6.61 Å². The highest BCUT2D eigenvalue weighted by Crippen LogP contribution is 2.22. The van der Waals surface area contributed by atoms with E-state index in [1.54, 1.807) is 17.0 Å². The molecule has 1 N–H and O–H groups in total. The molecule has 35 heavy (non-hydrogen) atoms. The Balaban J connectivity index is 1.92. The molecule has 0 heterocycles. The van der Waals surface area contributed by atoms with Crippen molar-refractivity contribution in [1.29, 1.82) is 0 Å². The van der Waals surface area contributed by atoms with Crippen molar-refractivity contribution in [1.82, 2.24) is 10.2 Å². The molecule has 1 unspecified atom stereocenters. The minimum absolute atomic E-state index is 0.0561. The van der Waals surface area contributed by atoms with Gasteiger partial charge in [-0.2, -0.15) is 0 Å². The van der Waals surface area contributed by atoms with E-state index in [9.17, 15) is 9.59 Å². The van der Waals surface area contributed by atoms with Gasteiger partial charge in [-0.1, -0.05) is 66.2 Å². The molecule has 1 atom stereocenters. The zero-order valence-electron chi connectivity index (χ0n) is 20.8. The van der Waals surface area contributed by atoms with Gasteiger partial charge in [0.1, 0.15) is 11.8 Å². The van der Waals surface area contributed by atoms with Gasteiger partial charge in [0, 0.05) is 24.0 Å². The molecule has 3 aromatic carbocycles. The number of benzene rings is 3. The first-order chi connectivity index (χ1) is 16.7. The molecular weight excluding hydrogens is 460 g/mol. The smallest absolute Gasteiger partial charge is 0.261 e. The lowest BCUT2D eigenvalue weighted by molar-refractivity contribution is -0.143. The molecule has 0 aliphatic carbocycles. The van der Waals surface area contributed by atoms with Crippen LogP contribution in [0.5, 0.6) is 5.75 Å². The molecule has 3 rings (SSSR count). The Bertz CT molecular complexity index is 1130. The van der Waals surface area contributed by atoms with Crippen molar-refractivity contribution in [3.05, 3.63) is 100 Å². The van der Waals surface area contributed by atoms with E-state index in [0.29, 0.717) is 17.2 Å². The standard InChI is InChI=1S/C29H33ClN2O3/c1-20(2)31-29(34)26(17-23-10-6-5-7-11-23)32(18-24-13-15-25(30)16-14-24)28(33)19-35-27-12-8-9-21(3)22(27)4/h5-16,20,26H,17-19H2,1-4H3,(H,31,34). The third-order valence-electron chi connectivity index (χ3n) is 5.87. The Hall–Kier alpha value is -3.31. The normalized spacial score (nSPS) is 11.7. The number of hydrogen-bond acceptors (Lipinski definition) is 3. The summed E-state index contributed by atoms with van der Waals surface area (Å²) in [6.45, 7) is 7.88. The predicted molar refractivity (Wildman–Crippen MR) is 141 cm³/mol. The fraction of sp³-hybridized carbons (Fsp3) is 0.310. The molecular formula is C29H33ClN2O3. The summed E-state index contributed by atoms with van der Waals surface area (Å²) in [5, 5.41) is 3.60. The third-order valence-corrected chi connectivity index (χ3v) is 6.13. The van der Waals surface area contributed by atoms with Crippen molar-refractivity contribution < 1.29 is 14.3 Å². The number of nitrogens with one attached hydrogen (secondary N) is 1. The van der Waals surface area contributed by atoms with Gasteiger partial charge in [0.2, 0.25) is 5.91 Å². The van der Waals surface area contributed by atoms with Gasteiger partial charge >= 0.3 is 0 Å². The maximum atomic E-state index is 13.6. The zero-order valence-corrected chi connectivity index (χ0v) is 21.5. The van der Waals surface area contributed by atoms with Gasteiger partial charge in [0.05, 0.1) is 0 Å².